The van der Waals surface area contributed by atoms with Gasteiger partial charge in [-0.1, -0.05) is 0 Å². The molecule has 2 aliphatic rings. The van der Waals surface area contributed by atoms with E-state index >= 15 is 0 Å². The highest BCUT2D eigenvalue weighted by Crippen LogP contribution is 2.24. The molecule has 0 unspecified atom stereocenters. The summed E-state index contributed by atoms with van der Waals surface area (Å²) >= 11 is 1.81. The molecule has 7 heteroatoms. The highest BCUT2D eigenvalue weighted by Gasteiger charge is 2.23. The molecule has 3 N–H and O–H groups in total. The van der Waals surface area contributed by atoms with Crippen molar-refractivity contribution in [1.82, 2.24) is 16.0 Å². The molecule has 2 fully saturated rings. The fourth-order valence-electron chi connectivity index (χ4n) is 3.17. The Balaban J connectivity index is 1.37. The van der Waals surface area contributed by atoms with Crippen LogP contribution in [0.4, 0.5) is 5.00 Å². The second-order valence-corrected chi connectivity index (χ2v) is 7.99. The number of hydrogen-bond acceptors (Lipinski definition) is 4. The molecule has 0 spiro atoms. The van der Waals surface area contributed by atoms with Gasteiger partial charge in [-0.15, -0.1) is 11.3 Å². The number of rotatable bonds is 8. The van der Waals surface area contributed by atoms with Crippen LogP contribution in [0.15, 0.2) is 22.5 Å². The van der Waals surface area contributed by atoms with E-state index in [-0.39, 0.29) is 5.91 Å². The van der Waals surface area contributed by atoms with E-state index in [1.165, 1.54) is 5.00 Å². The van der Waals surface area contributed by atoms with Crippen LogP contribution in [-0.4, -0.2) is 50.1 Å². The Morgan fingerprint density at radius 3 is 2.65 bits per heavy atom. The number of carbonyl (C=O) groups is 1. The van der Waals surface area contributed by atoms with Gasteiger partial charge in [0.15, 0.2) is 5.96 Å². The summed E-state index contributed by atoms with van der Waals surface area (Å²) in [6.45, 7) is 5.78. The summed E-state index contributed by atoms with van der Waals surface area (Å²) in [5.41, 5.74) is 0. The van der Waals surface area contributed by atoms with E-state index in [0.29, 0.717) is 25.0 Å². The molecule has 1 aromatic rings. The average molecular weight is 378 g/mol. The van der Waals surface area contributed by atoms with Crippen molar-refractivity contribution in [2.24, 2.45) is 4.99 Å². The monoisotopic (exact) mass is 377 g/mol. The van der Waals surface area contributed by atoms with E-state index in [9.17, 15) is 4.79 Å². The predicted molar refractivity (Wildman–Crippen MR) is 109 cm³/mol. The maximum absolute atomic E-state index is 11.7. The number of piperidine rings is 1. The summed E-state index contributed by atoms with van der Waals surface area (Å²) in [5, 5.41) is 13.4. The first kappa shape index (κ1) is 19.0. The molecule has 3 rings (SSSR count). The third-order valence-corrected chi connectivity index (χ3v) is 5.70. The maximum atomic E-state index is 11.7. The second-order valence-electron chi connectivity index (χ2n) is 7.06. The van der Waals surface area contributed by atoms with Gasteiger partial charge in [0.25, 0.3) is 0 Å². The normalized spacial score (nSPS) is 18.7. The van der Waals surface area contributed by atoms with Crippen LogP contribution in [0.2, 0.25) is 0 Å². The molecule has 1 saturated heterocycles. The largest absolute Gasteiger partial charge is 0.363 e. The minimum Gasteiger partial charge on any atom is -0.363 e. The van der Waals surface area contributed by atoms with Crippen LogP contribution in [-0.2, 0) is 4.79 Å². The van der Waals surface area contributed by atoms with Gasteiger partial charge in [0.05, 0.1) is 5.00 Å². The molecule has 0 aromatic carbocycles. The van der Waals surface area contributed by atoms with Crippen LogP contribution >= 0.6 is 11.3 Å². The number of nitrogens with one attached hydrogen (secondary N) is 3. The lowest BCUT2D eigenvalue weighted by Crippen LogP contribution is -2.48. The van der Waals surface area contributed by atoms with Crippen molar-refractivity contribution >= 4 is 28.2 Å². The molecule has 0 radical (unpaired) electrons. The van der Waals surface area contributed by atoms with Gasteiger partial charge in [0, 0.05) is 44.7 Å². The molecule has 26 heavy (non-hydrogen) atoms. The number of hydrogen-bond donors (Lipinski definition) is 3. The average Bonchev–Trinajstić information content (AvgIpc) is 3.28. The summed E-state index contributed by atoms with van der Waals surface area (Å²) in [7, 11) is 0. The maximum Gasteiger partial charge on any atom is 0.220 e. The van der Waals surface area contributed by atoms with Gasteiger partial charge in [0.1, 0.15) is 0 Å². The van der Waals surface area contributed by atoms with Gasteiger partial charge in [-0.3, -0.25) is 9.79 Å². The van der Waals surface area contributed by atoms with E-state index in [4.69, 9.17) is 0 Å². The molecule has 0 atom stereocenters. The molecule has 1 saturated carbocycles. The number of amides is 1. The van der Waals surface area contributed by atoms with Gasteiger partial charge in [-0.2, -0.15) is 0 Å². The SMILES string of the molecule is CCNC(=NCCCC(=O)NC1CC1)NC1CCN(c2cccs2)CC1. The minimum atomic E-state index is 0.168. The molecule has 144 valence electrons. The summed E-state index contributed by atoms with van der Waals surface area (Å²) < 4.78 is 0. The third-order valence-electron chi connectivity index (χ3n) is 4.77. The Morgan fingerprint density at radius 2 is 2.00 bits per heavy atom. The van der Waals surface area contributed by atoms with Crippen LogP contribution in [0.1, 0.15) is 45.4 Å². The Kier molecular flexibility index (Phi) is 7.17. The second kappa shape index (κ2) is 9.80. The zero-order valence-corrected chi connectivity index (χ0v) is 16.5. The van der Waals surface area contributed by atoms with E-state index in [1.807, 2.05) is 11.3 Å². The Morgan fingerprint density at radius 1 is 1.23 bits per heavy atom. The number of carbonyl (C=O) groups excluding carboxylic acids is 1. The van der Waals surface area contributed by atoms with E-state index < -0.39 is 0 Å². The Labute approximate surface area is 160 Å². The van der Waals surface area contributed by atoms with Crippen LogP contribution in [0.25, 0.3) is 0 Å². The van der Waals surface area contributed by atoms with Crippen molar-refractivity contribution in [2.45, 2.75) is 57.5 Å². The van der Waals surface area contributed by atoms with Crippen molar-refractivity contribution < 1.29 is 4.79 Å². The topological polar surface area (TPSA) is 68.8 Å². The third kappa shape index (κ3) is 6.20. The van der Waals surface area contributed by atoms with Gasteiger partial charge >= 0.3 is 0 Å². The van der Waals surface area contributed by atoms with Gasteiger partial charge in [-0.05, 0) is 56.5 Å². The van der Waals surface area contributed by atoms with Crippen molar-refractivity contribution in [3.8, 4) is 0 Å². The summed E-state index contributed by atoms with van der Waals surface area (Å²) in [6.07, 6.45) is 5.89. The number of aliphatic imine (C=N–C) groups is 1. The smallest absolute Gasteiger partial charge is 0.220 e. The fourth-order valence-corrected chi connectivity index (χ4v) is 3.95. The van der Waals surface area contributed by atoms with Crippen molar-refractivity contribution in [3.05, 3.63) is 17.5 Å². The first-order chi connectivity index (χ1) is 12.7. The molecular weight excluding hydrogens is 346 g/mol. The standard InChI is InChI=1S/C19H31N5OS/c1-2-20-19(21-11-3-5-17(25)22-15-7-8-15)23-16-9-12-24(13-10-16)18-6-4-14-26-18/h4,6,14-16H,2-3,5,7-13H2,1H3,(H,22,25)(H2,20,21,23). The predicted octanol–water partition coefficient (Wildman–Crippen LogP) is 2.33. The molecule has 1 amide bonds. The summed E-state index contributed by atoms with van der Waals surface area (Å²) in [4.78, 5) is 18.8. The van der Waals surface area contributed by atoms with Gasteiger partial charge in [-0.25, -0.2) is 0 Å². The summed E-state index contributed by atoms with van der Waals surface area (Å²) in [5.74, 6) is 1.05. The van der Waals surface area contributed by atoms with Crippen molar-refractivity contribution in [3.63, 3.8) is 0 Å². The van der Waals surface area contributed by atoms with Crippen molar-refractivity contribution in [1.29, 1.82) is 0 Å². The lowest BCUT2D eigenvalue weighted by Gasteiger charge is -2.33. The Hall–Kier alpha value is -1.76. The molecule has 1 aliphatic heterocycles. The molecular formula is C19H31N5OS. The quantitative estimate of drug-likeness (QED) is 0.369. The van der Waals surface area contributed by atoms with Crippen LogP contribution < -0.4 is 20.9 Å². The van der Waals surface area contributed by atoms with Crippen LogP contribution in [0.3, 0.4) is 0 Å². The lowest BCUT2D eigenvalue weighted by molar-refractivity contribution is -0.121. The molecule has 6 nitrogen and oxygen atoms in total. The van der Waals surface area contributed by atoms with Gasteiger partial charge in [0.2, 0.25) is 5.91 Å². The highest BCUT2D eigenvalue weighted by molar-refractivity contribution is 7.14. The van der Waals surface area contributed by atoms with E-state index in [1.54, 1.807) is 0 Å². The fraction of sp³-hybridized carbons (Fsp3) is 0.684. The number of nitrogens with zero attached hydrogens (tertiary/aromatic N) is 2. The van der Waals surface area contributed by atoms with Crippen LogP contribution in [0.5, 0.6) is 0 Å². The first-order valence-electron chi connectivity index (χ1n) is 9.87. The number of anilines is 1. The highest BCUT2D eigenvalue weighted by atomic mass is 32.1. The van der Waals surface area contributed by atoms with E-state index in [0.717, 1.165) is 57.7 Å². The number of guanidine groups is 1. The number of thiophene rings is 1. The minimum absolute atomic E-state index is 0.168. The molecule has 2 heterocycles. The van der Waals surface area contributed by atoms with Crippen molar-refractivity contribution in [2.75, 3.05) is 31.1 Å². The lowest BCUT2D eigenvalue weighted by atomic mass is 10.1. The zero-order valence-electron chi connectivity index (χ0n) is 15.7. The van der Waals surface area contributed by atoms with E-state index in [2.05, 4.69) is 50.3 Å². The molecule has 1 aliphatic carbocycles. The molecule has 1 aromatic heterocycles. The first-order valence-corrected chi connectivity index (χ1v) is 10.7. The molecule has 0 bridgehead atoms. The zero-order chi connectivity index (χ0) is 18.2. The van der Waals surface area contributed by atoms with Crippen LogP contribution in [0, 0.1) is 0 Å². The van der Waals surface area contributed by atoms with Gasteiger partial charge < -0.3 is 20.9 Å². The Bertz CT molecular complexity index is 577. The summed E-state index contributed by atoms with van der Waals surface area (Å²) in [6, 6.07) is 5.22.